The molecule has 4 atom stereocenters. The molecule has 18 nitrogen and oxygen atoms in total. The minimum Gasteiger partial charge on any atom is -0.458 e. The number of nitrogens with zero attached hydrogens (tertiary/aromatic N) is 3. The molecule has 65 heavy (non-hydrogen) atoms. The van der Waals surface area contributed by atoms with Gasteiger partial charge in [-0.1, -0.05) is 13.3 Å². The molecule has 5 N–H and O–H groups in total. The van der Waals surface area contributed by atoms with E-state index in [1.54, 1.807) is 37.5 Å². The lowest BCUT2D eigenvalue weighted by molar-refractivity contribution is -0.172. The molecule has 348 valence electrons. The maximum absolute atomic E-state index is 14.9. The van der Waals surface area contributed by atoms with Crippen molar-refractivity contribution in [3.05, 3.63) is 74.3 Å². The summed E-state index contributed by atoms with van der Waals surface area (Å²) in [7, 11) is 0. The van der Waals surface area contributed by atoms with Crippen molar-refractivity contribution < 1.29 is 52.5 Å². The number of aldehydes is 1. The molecular weight excluding hydrogens is 846 g/mol. The smallest absolute Gasteiger partial charge is 0.343 e. The highest BCUT2D eigenvalue weighted by atomic mass is 19.1. The van der Waals surface area contributed by atoms with E-state index in [-0.39, 0.29) is 81.3 Å². The Kier molecular flexibility index (Phi) is 15.1. The molecular formula is C46H56FN7O11. The van der Waals surface area contributed by atoms with Crippen LogP contribution >= 0.6 is 0 Å². The molecule has 0 unspecified atom stereocenters. The standard InChI is InChI=1S/C46H56FN7O11/c1-6-46(63)33-19-36-40-31(21-54(36)43(61)32(33)22-65-44(46)62)29(30-18-26(2)34(47)20-35(30)51-40)12-9-11-17-64-25-49-41(59)28(4)50-42(60)27(3)48-23-45(5,24-55)52-37(56)13-8-7-10-16-53-38(57)14-15-39(53)58/h14-15,18-20,24,27-28,48,63H,6-13,16-17,21-23,25H2,1-5H3,(H,49,59)(H,50,60)(H,52,56)/t27-,28-,45+,46-/m0/s1. The summed E-state index contributed by atoms with van der Waals surface area (Å²) < 4.78 is 27.3. The number of carbonyl (C=O) groups excluding carboxylic acids is 7. The summed E-state index contributed by atoms with van der Waals surface area (Å²) in [4.78, 5) is 106. The van der Waals surface area contributed by atoms with Gasteiger partial charge in [0.1, 0.15) is 37.0 Å². The Morgan fingerprint density at radius 1 is 1.02 bits per heavy atom. The van der Waals surface area contributed by atoms with Crippen LogP contribution in [0.5, 0.6) is 0 Å². The van der Waals surface area contributed by atoms with Crippen molar-refractivity contribution in [2.45, 2.75) is 122 Å². The number of pyridine rings is 2. The average Bonchev–Trinajstić information content (AvgIpc) is 3.81. The third kappa shape index (κ3) is 10.5. The molecule has 3 aromatic rings. The maximum Gasteiger partial charge on any atom is 0.343 e. The molecule has 0 fully saturated rings. The third-order valence-corrected chi connectivity index (χ3v) is 12.2. The molecule has 6 rings (SSSR count). The number of hydrogen-bond donors (Lipinski definition) is 5. The molecule has 0 radical (unpaired) electrons. The number of benzene rings is 1. The van der Waals surface area contributed by atoms with E-state index in [2.05, 4.69) is 21.3 Å². The minimum absolute atomic E-state index is 0.00345. The number of aromatic nitrogens is 2. The van der Waals surface area contributed by atoms with Gasteiger partial charge in [0.2, 0.25) is 17.7 Å². The first kappa shape index (κ1) is 48.3. The lowest BCUT2D eigenvalue weighted by atomic mass is 9.86. The highest BCUT2D eigenvalue weighted by Crippen LogP contribution is 2.41. The number of halogens is 1. The molecule has 0 bridgehead atoms. The van der Waals surface area contributed by atoms with Gasteiger partial charge in [-0.05, 0) is 89.5 Å². The highest BCUT2D eigenvalue weighted by Gasteiger charge is 2.45. The molecule has 0 aliphatic carbocycles. The van der Waals surface area contributed by atoms with Crippen LogP contribution in [0.25, 0.3) is 22.3 Å². The molecule has 3 aliphatic rings. The number of nitrogens with one attached hydrogen (secondary N) is 4. The summed E-state index contributed by atoms with van der Waals surface area (Å²) in [6, 6.07) is 2.99. The molecule has 1 aromatic carbocycles. The van der Waals surface area contributed by atoms with Crippen LogP contribution in [-0.4, -0.2) is 105 Å². The van der Waals surface area contributed by atoms with Crippen molar-refractivity contribution in [3.8, 4) is 11.4 Å². The zero-order valence-electron chi connectivity index (χ0n) is 37.3. The Labute approximate surface area is 374 Å². The molecule has 0 saturated heterocycles. The second kappa shape index (κ2) is 20.3. The summed E-state index contributed by atoms with van der Waals surface area (Å²) in [6.07, 6.45) is 6.51. The molecule has 3 aliphatic heterocycles. The van der Waals surface area contributed by atoms with Gasteiger partial charge in [-0.25, -0.2) is 14.2 Å². The van der Waals surface area contributed by atoms with Crippen LogP contribution in [0, 0.1) is 12.7 Å². The van der Waals surface area contributed by atoms with E-state index in [4.69, 9.17) is 14.5 Å². The number of aliphatic hydroxyl groups is 1. The summed E-state index contributed by atoms with van der Waals surface area (Å²) in [6.45, 7) is 8.19. The first-order chi connectivity index (χ1) is 30.9. The number of carbonyl (C=O) groups is 7. The lowest BCUT2D eigenvalue weighted by Gasteiger charge is -2.31. The third-order valence-electron chi connectivity index (χ3n) is 12.2. The molecule has 0 spiro atoms. The summed E-state index contributed by atoms with van der Waals surface area (Å²) >= 11 is 0. The fourth-order valence-corrected chi connectivity index (χ4v) is 8.17. The molecule has 19 heteroatoms. The van der Waals surface area contributed by atoms with Crippen molar-refractivity contribution in [1.82, 2.24) is 35.7 Å². The number of imide groups is 1. The van der Waals surface area contributed by atoms with Gasteiger partial charge in [0.05, 0.1) is 35.1 Å². The van der Waals surface area contributed by atoms with Crippen LogP contribution in [-0.2, 0) is 68.2 Å². The SMILES string of the molecule is CC[C@@]1(O)C(=O)OCc2c1cc1n(c2=O)Cc2c-1nc1cc(F)c(C)cc1c2CCCCOCNC(=O)[C@H](C)NC(=O)[C@H](C)NC[C@](C)(C=O)NC(=O)CCCCCN1C(=O)C=CC1=O. The fraction of sp³-hybridized carbons (Fsp3) is 0.500. The second-order valence-electron chi connectivity index (χ2n) is 17.1. The van der Waals surface area contributed by atoms with Gasteiger partial charge in [0.25, 0.3) is 17.4 Å². The van der Waals surface area contributed by atoms with Crippen LogP contribution in [0.15, 0.2) is 35.1 Å². The predicted molar refractivity (Wildman–Crippen MR) is 233 cm³/mol. The second-order valence-corrected chi connectivity index (χ2v) is 17.1. The van der Waals surface area contributed by atoms with Gasteiger partial charge >= 0.3 is 5.97 Å². The normalized spacial score (nSPS) is 18.1. The Hall–Kier alpha value is -6.18. The number of ether oxygens (including phenoxy) is 2. The number of amides is 5. The number of aryl methyl sites for hydroxylation is 2. The number of fused-ring (bicyclic) bond motifs is 5. The molecule has 2 aromatic heterocycles. The summed E-state index contributed by atoms with van der Waals surface area (Å²) in [5, 5.41) is 22.9. The van der Waals surface area contributed by atoms with Gasteiger partial charge < -0.3 is 45.2 Å². The number of cyclic esters (lactones) is 1. The number of rotatable bonds is 22. The van der Waals surface area contributed by atoms with Gasteiger partial charge in [-0.3, -0.25) is 33.7 Å². The Morgan fingerprint density at radius 2 is 1.75 bits per heavy atom. The van der Waals surface area contributed by atoms with Crippen LogP contribution in [0.2, 0.25) is 0 Å². The van der Waals surface area contributed by atoms with E-state index in [0.29, 0.717) is 67.3 Å². The molecule has 5 heterocycles. The van der Waals surface area contributed by atoms with Gasteiger partial charge in [-0.2, -0.15) is 0 Å². The van der Waals surface area contributed by atoms with Crippen molar-refractivity contribution >= 4 is 52.7 Å². The lowest BCUT2D eigenvalue weighted by Crippen LogP contribution is -2.58. The van der Waals surface area contributed by atoms with E-state index in [0.717, 1.165) is 21.4 Å². The van der Waals surface area contributed by atoms with Gasteiger partial charge in [0.15, 0.2) is 5.60 Å². The first-order valence-corrected chi connectivity index (χ1v) is 21.9. The Balaban J connectivity index is 0.937. The highest BCUT2D eigenvalue weighted by molar-refractivity contribution is 6.12. The maximum atomic E-state index is 14.9. The largest absolute Gasteiger partial charge is 0.458 e. The van der Waals surface area contributed by atoms with Crippen molar-refractivity contribution in [2.75, 3.05) is 26.4 Å². The average molecular weight is 902 g/mol. The van der Waals surface area contributed by atoms with Crippen molar-refractivity contribution in [2.24, 2.45) is 0 Å². The first-order valence-electron chi connectivity index (χ1n) is 21.9. The van der Waals surface area contributed by atoms with Crippen molar-refractivity contribution in [3.63, 3.8) is 0 Å². The summed E-state index contributed by atoms with van der Waals surface area (Å²) in [5.74, 6) is -3.32. The van der Waals surface area contributed by atoms with E-state index < -0.39 is 52.4 Å². The van der Waals surface area contributed by atoms with Crippen LogP contribution in [0.4, 0.5) is 4.39 Å². The predicted octanol–water partition coefficient (Wildman–Crippen LogP) is 1.98. The number of esters is 1. The molecule has 5 amide bonds. The Morgan fingerprint density at radius 3 is 2.46 bits per heavy atom. The van der Waals surface area contributed by atoms with Gasteiger partial charge in [-0.15, -0.1) is 0 Å². The number of hydrogen-bond acceptors (Lipinski definition) is 13. The van der Waals surface area contributed by atoms with Crippen LogP contribution in [0.1, 0.15) is 100 Å². The zero-order valence-corrected chi connectivity index (χ0v) is 37.3. The number of unbranched alkanes of at least 4 members (excludes halogenated alkanes) is 3. The zero-order chi connectivity index (χ0) is 47.2. The molecule has 0 saturated carbocycles. The quantitative estimate of drug-likeness (QED) is 0.0250. The van der Waals surface area contributed by atoms with E-state index in [1.165, 1.54) is 32.1 Å². The van der Waals surface area contributed by atoms with Crippen LogP contribution in [0.3, 0.4) is 0 Å². The topological polar surface area (TPSA) is 244 Å². The van der Waals surface area contributed by atoms with Gasteiger partial charge in [0, 0.05) is 60.8 Å². The monoisotopic (exact) mass is 901 g/mol. The van der Waals surface area contributed by atoms with E-state index >= 15 is 0 Å². The van der Waals surface area contributed by atoms with E-state index in [9.17, 15) is 47.9 Å². The van der Waals surface area contributed by atoms with Crippen LogP contribution < -0.4 is 26.8 Å². The fourth-order valence-electron chi connectivity index (χ4n) is 8.17. The van der Waals surface area contributed by atoms with Crippen molar-refractivity contribution in [1.29, 1.82) is 0 Å². The van der Waals surface area contributed by atoms with E-state index in [1.807, 2.05) is 0 Å². The summed E-state index contributed by atoms with van der Waals surface area (Å²) in [5.41, 5.74) is 0.161. The minimum atomic E-state index is -1.98. The Bertz CT molecular complexity index is 2490.